The Morgan fingerprint density at radius 1 is 0.903 bits per heavy atom. The third-order valence-electron chi connectivity index (χ3n) is 8.11. The average molecular weight is 435 g/mol. The highest BCUT2D eigenvalue weighted by Crippen LogP contribution is 2.43. The first kappa shape index (κ1) is 22.8. The van der Waals surface area contributed by atoms with Crippen LogP contribution in [0.5, 0.6) is 0 Å². The monoisotopic (exact) mass is 434 g/mol. The molecule has 0 bridgehead atoms. The molecular formula is C29H39FSi. The SMILES string of the molecule is CCCC1CCC(c2ccc(-c3ccc(C4(CCC)CC[Si]CC4)cc3)c(F)c2)CC1. The van der Waals surface area contributed by atoms with Crippen molar-refractivity contribution in [3.05, 3.63) is 59.4 Å². The second-order valence-corrected chi connectivity index (χ2v) is 11.6. The molecule has 2 aliphatic rings. The fourth-order valence-electron chi connectivity index (χ4n) is 6.28. The molecule has 0 atom stereocenters. The van der Waals surface area contributed by atoms with Crippen LogP contribution in [0.1, 0.15) is 95.1 Å². The van der Waals surface area contributed by atoms with Crippen LogP contribution in [0.2, 0.25) is 12.1 Å². The van der Waals surface area contributed by atoms with Gasteiger partial charge in [-0.05, 0) is 85.0 Å². The maximum atomic E-state index is 15.1. The smallest absolute Gasteiger partial charge is 0.131 e. The predicted octanol–water partition coefficient (Wildman–Crippen LogP) is 8.94. The molecule has 2 heteroatoms. The molecule has 1 saturated carbocycles. The lowest BCUT2D eigenvalue weighted by Crippen LogP contribution is -2.30. The average Bonchev–Trinajstić information content (AvgIpc) is 2.81. The second kappa shape index (κ2) is 10.5. The minimum Gasteiger partial charge on any atom is -0.206 e. The number of hydrogen-bond acceptors (Lipinski definition) is 0. The van der Waals surface area contributed by atoms with Crippen LogP contribution < -0.4 is 0 Å². The maximum absolute atomic E-state index is 15.1. The van der Waals surface area contributed by atoms with Gasteiger partial charge in [-0.15, -0.1) is 0 Å². The van der Waals surface area contributed by atoms with E-state index in [2.05, 4.69) is 44.2 Å². The van der Waals surface area contributed by atoms with E-state index >= 15 is 4.39 Å². The first-order chi connectivity index (χ1) is 15.1. The molecule has 2 fully saturated rings. The van der Waals surface area contributed by atoms with Crippen LogP contribution in [0.4, 0.5) is 4.39 Å². The lowest BCUT2D eigenvalue weighted by Gasteiger charge is -2.38. The minimum absolute atomic E-state index is 0.0527. The molecule has 2 aromatic carbocycles. The van der Waals surface area contributed by atoms with Gasteiger partial charge in [0.15, 0.2) is 0 Å². The van der Waals surface area contributed by atoms with Crippen molar-refractivity contribution in [2.75, 3.05) is 0 Å². The molecule has 0 nitrogen and oxygen atoms in total. The van der Waals surface area contributed by atoms with E-state index in [0.717, 1.165) is 26.6 Å². The summed E-state index contributed by atoms with van der Waals surface area (Å²) in [6.07, 6.45) is 12.9. The molecule has 4 rings (SSSR count). The molecule has 2 radical (unpaired) electrons. The van der Waals surface area contributed by atoms with Crippen molar-refractivity contribution in [2.24, 2.45) is 5.92 Å². The summed E-state index contributed by atoms with van der Waals surface area (Å²) in [6, 6.07) is 17.7. The van der Waals surface area contributed by atoms with E-state index in [1.54, 1.807) is 0 Å². The molecule has 1 saturated heterocycles. The Balaban J connectivity index is 1.48. The molecule has 2 aromatic rings. The summed E-state index contributed by atoms with van der Waals surface area (Å²) < 4.78 is 15.1. The largest absolute Gasteiger partial charge is 0.206 e. The van der Waals surface area contributed by atoms with Gasteiger partial charge in [0.2, 0.25) is 0 Å². The van der Waals surface area contributed by atoms with Gasteiger partial charge in [0.05, 0.1) is 0 Å². The quantitative estimate of drug-likeness (QED) is 0.381. The summed E-state index contributed by atoms with van der Waals surface area (Å²) in [5.74, 6) is 1.38. The molecule has 166 valence electrons. The first-order valence-corrected chi connectivity index (χ1v) is 14.2. The van der Waals surface area contributed by atoms with Crippen molar-refractivity contribution in [1.29, 1.82) is 0 Å². The summed E-state index contributed by atoms with van der Waals surface area (Å²) in [5, 5.41) is 0. The minimum atomic E-state index is -0.0527. The highest BCUT2D eigenvalue weighted by Gasteiger charge is 2.33. The Morgan fingerprint density at radius 3 is 2.23 bits per heavy atom. The summed E-state index contributed by atoms with van der Waals surface area (Å²) in [4.78, 5) is 0. The number of benzene rings is 2. The zero-order valence-electron chi connectivity index (χ0n) is 19.6. The molecule has 0 amide bonds. The van der Waals surface area contributed by atoms with E-state index in [0.29, 0.717) is 11.3 Å². The van der Waals surface area contributed by atoms with Crippen molar-refractivity contribution < 1.29 is 4.39 Å². The van der Waals surface area contributed by atoms with Crippen LogP contribution in [-0.4, -0.2) is 9.52 Å². The Hall–Kier alpha value is -1.41. The van der Waals surface area contributed by atoms with Crippen molar-refractivity contribution in [3.8, 4) is 11.1 Å². The maximum Gasteiger partial charge on any atom is 0.131 e. The van der Waals surface area contributed by atoms with Gasteiger partial charge in [0.1, 0.15) is 5.82 Å². The Morgan fingerprint density at radius 2 is 1.61 bits per heavy atom. The topological polar surface area (TPSA) is 0 Å². The van der Waals surface area contributed by atoms with Gasteiger partial charge in [-0.1, -0.05) is 81.6 Å². The fourth-order valence-corrected chi connectivity index (χ4v) is 7.84. The highest BCUT2D eigenvalue weighted by atomic mass is 28.2. The Labute approximate surface area is 191 Å². The molecular weight excluding hydrogens is 395 g/mol. The molecule has 31 heavy (non-hydrogen) atoms. The summed E-state index contributed by atoms with van der Waals surface area (Å²) in [6.45, 7) is 4.59. The lowest BCUT2D eigenvalue weighted by molar-refractivity contribution is 0.308. The number of halogens is 1. The normalized spacial score (nSPS) is 23.6. The van der Waals surface area contributed by atoms with E-state index in [1.807, 2.05) is 12.1 Å². The van der Waals surface area contributed by atoms with Gasteiger partial charge in [0.25, 0.3) is 0 Å². The van der Waals surface area contributed by atoms with E-state index < -0.39 is 0 Å². The van der Waals surface area contributed by atoms with Crippen molar-refractivity contribution in [2.45, 2.75) is 101 Å². The van der Waals surface area contributed by atoms with Gasteiger partial charge in [0, 0.05) is 15.1 Å². The third-order valence-corrected chi connectivity index (χ3v) is 9.31. The van der Waals surface area contributed by atoms with E-state index in [9.17, 15) is 0 Å². The van der Waals surface area contributed by atoms with E-state index in [4.69, 9.17) is 0 Å². The van der Waals surface area contributed by atoms with Gasteiger partial charge in [-0.2, -0.15) is 0 Å². The molecule has 0 spiro atoms. The Bertz CT molecular complexity index is 821. The standard InChI is InChI=1S/C29H39FSi/c1-3-5-22-6-8-23(9-7-22)25-12-15-27(28(30)21-25)24-10-13-26(14-11-24)29(16-4-2)17-19-31-20-18-29/h10-15,21-23H,3-9,16-20H2,1-2H3. The van der Waals surface area contributed by atoms with Crippen molar-refractivity contribution in [3.63, 3.8) is 0 Å². The van der Waals surface area contributed by atoms with Crippen LogP contribution in [-0.2, 0) is 5.41 Å². The Kier molecular flexibility index (Phi) is 7.69. The van der Waals surface area contributed by atoms with E-state index in [-0.39, 0.29) is 5.82 Å². The molecule has 1 aliphatic carbocycles. The number of hydrogen-bond donors (Lipinski definition) is 0. The van der Waals surface area contributed by atoms with Crippen LogP contribution >= 0.6 is 0 Å². The molecule has 0 aromatic heterocycles. The molecule has 0 N–H and O–H groups in total. The molecule has 0 unspecified atom stereocenters. The summed E-state index contributed by atoms with van der Waals surface area (Å²) >= 11 is 0. The molecule has 1 heterocycles. The third kappa shape index (κ3) is 5.16. The summed E-state index contributed by atoms with van der Waals surface area (Å²) in [7, 11) is 1.14. The van der Waals surface area contributed by atoms with Gasteiger partial charge < -0.3 is 0 Å². The van der Waals surface area contributed by atoms with Crippen LogP contribution in [0.25, 0.3) is 11.1 Å². The van der Waals surface area contributed by atoms with E-state index in [1.165, 1.54) is 87.4 Å². The fraction of sp³-hybridized carbons (Fsp3) is 0.586. The van der Waals surface area contributed by atoms with Crippen LogP contribution in [0.3, 0.4) is 0 Å². The summed E-state index contributed by atoms with van der Waals surface area (Å²) in [5.41, 5.74) is 4.81. The second-order valence-electron chi connectivity index (χ2n) is 10.1. The zero-order chi connectivity index (χ0) is 21.7. The van der Waals surface area contributed by atoms with Crippen molar-refractivity contribution in [1.82, 2.24) is 0 Å². The van der Waals surface area contributed by atoms with Crippen LogP contribution in [0, 0.1) is 11.7 Å². The predicted molar refractivity (Wildman–Crippen MR) is 133 cm³/mol. The van der Waals surface area contributed by atoms with Gasteiger partial charge >= 0.3 is 0 Å². The van der Waals surface area contributed by atoms with Gasteiger partial charge in [-0.3, -0.25) is 0 Å². The first-order valence-electron chi connectivity index (χ1n) is 12.8. The highest BCUT2D eigenvalue weighted by molar-refractivity contribution is 6.35. The van der Waals surface area contributed by atoms with Gasteiger partial charge in [-0.25, -0.2) is 4.39 Å². The zero-order valence-corrected chi connectivity index (χ0v) is 20.6. The van der Waals surface area contributed by atoms with Crippen molar-refractivity contribution >= 4 is 9.52 Å². The lowest BCUT2D eigenvalue weighted by atomic mass is 9.72. The van der Waals surface area contributed by atoms with Crippen LogP contribution in [0.15, 0.2) is 42.5 Å². The number of rotatable bonds is 7. The molecule has 1 aliphatic heterocycles.